The van der Waals surface area contributed by atoms with E-state index in [2.05, 4.69) is 0 Å². The van der Waals surface area contributed by atoms with Crippen molar-refractivity contribution in [3.05, 3.63) is 59.7 Å². The molecule has 2 aromatic rings. The number of hydrogen-bond acceptors (Lipinski definition) is 4. The van der Waals surface area contributed by atoms with Gasteiger partial charge in [-0.3, -0.25) is 0 Å². The largest absolute Gasteiger partial charge is 0.497 e. The quantitative estimate of drug-likeness (QED) is 0.916. The molecule has 0 aromatic heterocycles. The van der Waals surface area contributed by atoms with Crippen LogP contribution in [0.5, 0.6) is 5.75 Å². The second-order valence-electron chi connectivity index (χ2n) is 4.46. The van der Waals surface area contributed by atoms with Gasteiger partial charge < -0.3 is 10.5 Å². The first kappa shape index (κ1) is 14.6. The summed E-state index contributed by atoms with van der Waals surface area (Å²) in [6.45, 7) is 0.396. The van der Waals surface area contributed by atoms with Gasteiger partial charge in [-0.2, -0.15) is 0 Å². The molecule has 0 spiro atoms. The minimum absolute atomic E-state index is 0.0476. The highest BCUT2D eigenvalue weighted by molar-refractivity contribution is 7.90. The summed E-state index contributed by atoms with van der Waals surface area (Å²) in [5.74, 6) is 0.482. The number of sulfone groups is 1. The van der Waals surface area contributed by atoms with Crippen LogP contribution in [-0.4, -0.2) is 15.5 Å². The summed E-state index contributed by atoms with van der Waals surface area (Å²) in [4.78, 5) is 0.259. The molecule has 0 fully saturated rings. The van der Waals surface area contributed by atoms with Gasteiger partial charge in [0.1, 0.15) is 5.75 Å². The molecule has 0 unspecified atom stereocenters. The molecule has 0 aliphatic rings. The van der Waals surface area contributed by atoms with Crippen LogP contribution in [0, 0.1) is 0 Å². The highest BCUT2D eigenvalue weighted by Crippen LogP contribution is 2.21. The van der Waals surface area contributed by atoms with Crippen molar-refractivity contribution in [1.29, 1.82) is 0 Å². The van der Waals surface area contributed by atoms with E-state index in [1.165, 1.54) is 13.2 Å². The van der Waals surface area contributed by atoms with Crippen LogP contribution in [0.2, 0.25) is 0 Å². The third kappa shape index (κ3) is 3.37. The van der Waals surface area contributed by atoms with E-state index in [0.717, 1.165) is 11.1 Å². The lowest BCUT2D eigenvalue weighted by Gasteiger charge is -2.07. The topological polar surface area (TPSA) is 69.4 Å². The van der Waals surface area contributed by atoms with Crippen LogP contribution in [0.25, 0.3) is 0 Å². The molecule has 2 aromatic carbocycles. The summed E-state index contributed by atoms with van der Waals surface area (Å²) in [7, 11) is -1.88. The second-order valence-corrected chi connectivity index (χ2v) is 6.45. The third-order valence-electron chi connectivity index (χ3n) is 2.98. The molecular formula is C15H17NO3S. The highest BCUT2D eigenvalue weighted by Gasteiger charge is 2.16. The van der Waals surface area contributed by atoms with E-state index in [1.807, 2.05) is 18.2 Å². The maximum atomic E-state index is 12.4. The number of nitrogens with two attached hydrogens (primary N) is 1. The van der Waals surface area contributed by atoms with Gasteiger partial charge in [-0.05, 0) is 29.3 Å². The van der Waals surface area contributed by atoms with Crippen LogP contribution < -0.4 is 10.5 Å². The zero-order valence-electron chi connectivity index (χ0n) is 11.2. The Hall–Kier alpha value is -1.85. The number of hydrogen-bond donors (Lipinski definition) is 1. The van der Waals surface area contributed by atoms with Crippen molar-refractivity contribution in [2.45, 2.75) is 17.2 Å². The van der Waals surface area contributed by atoms with E-state index in [9.17, 15) is 8.42 Å². The molecule has 0 saturated carbocycles. The van der Waals surface area contributed by atoms with Crippen molar-refractivity contribution in [1.82, 2.24) is 0 Å². The third-order valence-corrected chi connectivity index (χ3v) is 4.67. The van der Waals surface area contributed by atoms with E-state index in [-0.39, 0.29) is 10.6 Å². The molecule has 0 atom stereocenters. The predicted molar refractivity (Wildman–Crippen MR) is 78.2 cm³/mol. The molecule has 0 aliphatic carbocycles. The fourth-order valence-corrected chi connectivity index (χ4v) is 3.31. The van der Waals surface area contributed by atoms with Crippen molar-refractivity contribution in [2.75, 3.05) is 7.11 Å². The molecule has 0 saturated heterocycles. The molecule has 0 radical (unpaired) electrons. The van der Waals surface area contributed by atoms with Crippen molar-refractivity contribution < 1.29 is 13.2 Å². The molecule has 5 heteroatoms. The Balaban J connectivity index is 2.30. The molecule has 2 rings (SSSR count). The molecule has 4 nitrogen and oxygen atoms in total. The number of rotatable bonds is 5. The van der Waals surface area contributed by atoms with Gasteiger partial charge in [-0.1, -0.05) is 30.3 Å². The van der Waals surface area contributed by atoms with Crippen LogP contribution in [0.1, 0.15) is 11.1 Å². The van der Waals surface area contributed by atoms with Crippen LogP contribution in [-0.2, 0) is 22.1 Å². The summed E-state index contributed by atoms with van der Waals surface area (Å²) >= 11 is 0. The van der Waals surface area contributed by atoms with Crippen LogP contribution in [0.3, 0.4) is 0 Å². The molecule has 2 N–H and O–H groups in total. The van der Waals surface area contributed by atoms with Crippen molar-refractivity contribution in [3.63, 3.8) is 0 Å². The van der Waals surface area contributed by atoms with Crippen LogP contribution in [0.15, 0.2) is 53.4 Å². The lowest BCUT2D eigenvalue weighted by Crippen LogP contribution is -2.06. The van der Waals surface area contributed by atoms with Gasteiger partial charge >= 0.3 is 0 Å². The molecular weight excluding hydrogens is 274 g/mol. The molecule has 0 heterocycles. The van der Waals surface area contributed by atoms with Crippen LogP contribution >= 0.6 is 0 Å². The summed E-state index contributed by atoms with van der Waals surface area (Å²) < 4.78 is 29.8. The van der Waals surface area contributed by atoms with E-state index < -0.39 is 9.84 Å². The zero-order chi connectivity index (χ0) is 14.6. The Morgan fingerprint density at radius 3 is 2.45 bits per heavy atom. The average Bonchev–Trinajstić information content (AvgIpc) is 2.47. The normalized spacial score (nSPS) is 11.3. The Labute approximate surface area is 119 Å². The molecule has 106 valence electrons. The lowest BCUT2D eigenvalue weighted by molar-refractivity contribution is 0.413. The van der Waals surface area contributed by atoms with Crippen molar-refractivity contribution in [2.24, 2.45) is 5.73 Å². The van der Waals surface area contributed by atoms with Gasteiger partial charge in [0.2, 0.25) is 0 Å². The maximum absolute atomic E-state index is 12.4. The fourth-order valence-electron chi connectivity index (χ4n) is 1.94. The first-order chi connectivity index (χ1) is 9.55. The fraction of sp³-hybridized carbons (Fsp3) is 0.200. The molecule has 0 bridgehead atoms. The number of ether oxygens (including phenoxy) is 1. The monoisotopic (exact) mass is 291 g/mol. The maximum Gasteiger partial charge on any atom is 0.182 e. The highest BCUT2D eigenvalue weighted by atomic mass is 32.2. The Kier molecular flexibility index (Phi) is 4.42. The molecule has 0 aliphatic heterocycles. The first-order valence-electron chi connectivity index (χ1n) is 6.20. The van der Waals surface area contributed by atoms with Crippen LogP contribution in [0.4, 0.5) is 0 Å². The summed E-state index contributed by atoms with van der Waals surface area (Å²) in [6, 6.07) is 13.8. The molecule has 20 heavy (non-hydrogen) atoms. The van der Waals surface area contributed by atoms with E-state index in [1.54, 1.807) is 24.3 Å². The van der Waals surface area contributed by atoms with Crippen molar-refractivity contribution in [3.8, 4) is 5.75 Å². The Morgan fingerprint density at radius 2 is 1.75 bits per heavy atom. The summed E-state index contributed by atoms with van der Waals surface area (Å²) in [6.07, 6.45) is 0. The van der Waals surface area contributed by atoms with Gasteiger partial charge in [0, 0.05) is 6.54 Å². The van der Waals surface area contributed by atoms with Crippen molar-refractivity contribution >= 4 is 9.84 Å². The minimum Gasteiger partial charge on any atom is -0.497 e. The SMILES string of the molecule is COc1cccc(S(=O)(=O)Cc2cccc(CN)c2)c1. The standard InChI is InChI=1S/C15H17NO3S/c1-19-14-6-3-7-15(9-14)20(17,18)11-13-5-2-4-12(8-13)10-16/h2-9H,10-11,16H2,1H3. The summed E-state index contributed by atoms with van der Waals surface area (Å²) in [5.41, 5.74) is 7.22. The molecule has 0 amide bonds. The number of methoxy groups -OCH3 is 1. The van der Waals surface area contributed by atoms with E-state index in [0.29, 0.717) is 12.3 Å². The number of benzene rings is 2. The van der Waals surface area contributed by atoms with Gasteiger partial charge in [0.15, 0.2) is 9.84 Å². The zero-order valence-corrected chi connectivity index (χ0v) is 12.1. The summed E-state index contributed by atoms with van der Waals surface area (Å²) in [5, 5.41) is 0. The predicted octanol–water partition coefficient (Wildman–Crippen LogP) is 2.13. The first-order valence-corrected chi connectivity index (χ1v) is 7.85. The Bertz CT molecular complexity index is 696. The van der Waals surface area contributed by atoms with Gasteiger partial charge in [-0.15, -0.1) is 0 Å². The van der Waals surface area contributed by atoms with Gasteiger partial charge in [-0.25, -0.2) is 8.42 Å². The second kappa shape index (κ2) is 6.07. The smallest absolute Gasteiger partial charge is 0.182 e. The Morgan fingerprint density at radius 1 is 1.05 bits per heavy atom. The van der Waals surface area contributed by atoms with E-state index >= 15 is 0 Å². The van der Waals surface area contributed by atoms with Gasteiger partial charge in [0.05, 0.1) is 17.8 Å². The minimum atomic E-state index is -3.39. The van der Waals surface area contributed by atoms with E-state index in [4.69, 9.17) is 10.5 Å². The average molecular weight is 291 g/mol. The lowest BCUT2D eigenvalue weighted by atomic mass is 10.1. The van der Waals surface area contributed by atoms with Gasteiger partial charge in [0.25, 0.3) is 0 Å².